The normalized spacial score (nSPS) is 15.0. The molecule has 0 saturated heterocycles. The Bertz CT molecular complexity index is 1450. The topological polar surface area (TPSA) is 105 Å². The van der Waals surface area contributed by atoms with Gasteiger partial charge in [-0.1, -0.05) is 41.9 Å². The van der Waals surface area contributed by atoms with E-state index >= 15 is 0 Å². The summed E-state index contributed by atoms with van der Waals surface area (Å²) < 4.78 is 41.1. The zero-order valence-corrected chi connectivity index (χ0v) is 21.3. The highest BCUT2D eigenvalue weighted by Crippen LogP contribution is 2.33. The molecular formula is C26H20ClF3N4O3S. The third-order valence-corrected chi connectivity index (χ3v) is 7.10. The van der Waals surface area contributed by atoms with Crippen molar-refractivity contribution in [3.05, 3.63) is 104 Å². The predicted octanol–water partition coefficient (Wildman–Crippen LogP) is 4.82. The largest absolute Gasteiger partial charge is 0.416 e. The molecule has 3 aromatic rings. The van der Waals surface area contributed by atoms with Gasteiger partial charge in [0.1, 0.15) is 6.17 Å². The summed E-state index contributed by atoms with van der Waals surface area (Å²) in [5.74, 6) is -2.13. The summed E-state index contributed by atoms with van der Waals surface area (Å²) in [4.78, 5) is 44.6. The third kappa shape index (κ3) is 5.20. The van der Waals surface area contributed by atoms with E-state index in [1.807, 2.05) is 0 Å². The van der Waals surface area contributed by atoms with Crippen LogP contribution in [0.1, 0.15) is 47.1 Å². The number of allylic oxidation sites excluding steroid dienone is 1. The molecule has 1 aliphatic rings. The van der Waals surface area contributed by atoms with Crippen molar-refractivity contribution in [3.63, 3.8) is 0 Å². The lowest BCUT2D eigenvalue weighted by Crippen LogP contribution is -2.52. The van der Waals surface area contributed by atoms with Crippen LogP contribution in [0, 0.1) is 0 Å². The number of halogens is 4. The molecular weight excluding hydrogens is 541 g/mol. The molecule has 1 atom stereocenters. The number of imide groups is 1. The number of amides is 3. The van der Waals surface area contributed by atoms with Crippen LogP contribution in [0.2, 0.25) is 0 Å². The Morgan fingerprint density at radius 1 is 1.13 bits per heavy atom. The molecule has 0 bridgehead atoms. The summed E-state index contributed by atoms with van der Waals surface area (Å²) in [5.41, 5.74) is 5.39. The molecule has 0 radical (unpaired) electrons. The van der Waals surface area contributed by atoms with Gasteiger partial charge in [-0.15, -0.1) is 11.3 Å². The lowest BCUT2D eigenvalue weighted by atomic mass is 10.0. The molecule has 0 saturated carbocycles. The Morgan fingerprint density at radius 3 is 2.32 bits per heavy atom. The maximum Gasteiger partial charge on any atom is 0.416 e. The average molecular weight is 561 g/mol. The summed E-state index contributed by atoms with van der Waals surface area (Å²) >= 11 is 7.11. The molecule has 3 N–H and O–H groups in total. The summed E-state index contributed by atoms with van der Waals surface area (Å²) in [5, 5.41) is 4.36. The SMILES string of the molecule is CN=C(C(Cl)=CN)c1csc(C(=O)N[C@@H](Cc2ccccc2C(F)(F)F)N2C(=O)c3ccccc3C2=O)c1. The summed E-state index contributed by atoms with van der Waals surface area (Å²) in [6.45, 7) is 0. The molecule has 7 nitrogen and oxygen atoms in total. The second-order valence-corrected chi connectivity index (χ2v) is 9.48. The number of nitrogens with two attached hydrogens (primary N) is 1. The van der Waals surface area contributed by atoms with E-state index in [9.17, 15) is 27.6 Å². The van der Waals surface area contributed by atoms with Gasteiger partial charge in [-0.2, -0.15) is 13.2 Å². The van der Waals surface area contributed by atoms with Gasteiger partial charge in [0.2, 0.25) is 0 Å². The van der Waals surface area contributed by atoms with E-state index in [4.69, 9.17) is 17.3 Å². The number of nitrogens with zero attached hydrogens (tertiary/aromatic N) is 2. The maximum absolute atomic E-state index is 13.7. The van der Waals surface area contributed by atoms with Crippen molar-refractivity contribution in [2.75, 3.05) is 7.05 Å². The quantitative estimate of drug-likeness (QED) is 0.319. The van der Waals surface area contributed by atoms with Crippen molar-refractivity contribution < 1.29 is 27.6 Å². The molecule has 12 heteroatoms. The number of carbonyl (C=O) groups is 3. The van der Waals surface area contributed by atoms with Crippen LogP contribution in [0.5, 0.6) is 0 Å². The van der Waals surface area contributed by atoms with Crippen LogP contribution < -0.4 is 11.1 Å². The summed E-state index contributed by atoms with van der Waals surface area (Å²) in [6.07, 6.45) is -5.40. The van der Waals surface area contributed by atoms with Crippen LogP contribution in [-0.2, 0) is 12.6 Å². The highest BCUT2D eigenvalue weighted by Gasteiger charge is 2.42. The monoisotopic (exact) mass is 560 g/mol. The average Bonchev–Trinajstić information content (AvgIpc) is 3.47. The van der Waals surface area contributed by atoms with E-state index in [1.165, 1.54) is 43.4 Å². The minimum atomic E-state index is -4.68. The maximum atomic E-state index is 13.7. The van der Waals surface area contributed by atoms with E-state index in [-0.39, 0.29) is 26.6 Å². The van der Waals surface area contributed by atoms with Gasteiger partial charge in [-0.05, 0) is 29.8 Å². The van der Waals surface area contributed by atoms with Gasteiger partial charge in [0.25, 0.3) is 17.7 Å². The Kier molecular flexibility index (Phi) is 7.70. The minimum Gasteiger partial charge on any atom is -0.403 e. The zero-order valence-electron chi connectivity index (χ0n) is 19.8. The van der Waals surface area contributed by atoms with Gasteiger partial charge in [0.05, 0.1) is 32.3 Å². The molecule has 0 fully saturated rings. The Morgan fingerprint density at radius 2 is 1.74 bits per heavy atom. The van der Waals surface area contributed by atoms with E-state index in [0.29, 0.717) is 11.3 Å². The zero-order chi connectivity index (χ0) is 27.6. The number of carbonyl (C=O) groups excluding carboxylic acids is 3. The van der Waals surface area contributed by atoms with Crippen LogP contribution in [0.15, 0.2) is 76.2 Å². The smallest absolute Gasteiger partial charge is 0.403 e. The van der Waals surface area contributed by atoms with Crippen molar-refractivity contribution in [1.29, 1.82) is 0 Å². The molecule has 2 aromatic carbocycles. The van der Waals surface area contributed by atoms with Gasteiger partial charge >= 0.3 is 6.18 Å². The molecule has 4 rings (SSSR count). The number of alkyl halides is 3. The first-order chi connectivity index (χ1) is 18.1. The number of hydrogen-bond acceptors (Lipinski definition) is 6. The van der Waals surface area contributed by atoms with Crippen LogP contribution >= 0.6 is 22.9 Å². The van der Waals surface area contributed by atoms with Gasteiger partial charge in [-0.3, -0.25) is 24.3 Å². The van der Waals surface area contributed by atoms with Gasteiger partial charge in [0.15, 0.2) is 0 Å². The third-order valence-electron chi connectivity index (χ3n) is 5.86. The number of rotatable bonds is 7. The fraction of sp³-hybridized carbons (Fsp3) is 0.154. The predicted molar refractivity (Wildman–Crippen MR) is 138 cm³/mol. The fourth-order valence-electron chi connectivity index (χ4n) is 4.14. The van der Waals surface area contributed by atoms with Crippen molar-refractivity contribution in [1.82, 2.24) is 10.2 Å². The highest BCUT2D eigenvalue weighted by molar-refractivity contribution is 7.12. The number of benzene rings is 2. The van der Waals surface area contributed by atoms with Crippen LogP contribution in [-0.4, -0.2) is 41.5 Å². The van der Waals surface area contributed by atoms with Crippen LogP contribution in [0.25, 0.3) is 0 Å². The first kappa shape index (κ1) is 27.1. The first-order valence-electron chi connectivity index (χ1n) is 11.1. The lowest BCUT2D eigenvalue weighted by molar-refractivity contribution is -0.138. The Balaban J connectivity index is 1.70. The molecule has 196 valence electrons. The molecule has 2 heterocycles. The van der Waals surface area contributed by atoms with Crippen LogP contribution in [0.3, 0.4) is 0 Å². The van der Waals surface area contributed by atoms with Gasteiger partial charge in [-0.25, -0.2) is 0 Å². The second kappa shape index (κ2) is 10.8. The van der Waals surface area contributed by atoms with Crippen LogP contribution in [0.4, 0.5) is 13.2 Å². The van der Waals surface area contributed by atoms with Gasteiger partial charge < -0.3 is 11.1 Å². The van der Waals surface area contributed by atoms with E-state index in [0.717, 1.165) is 28.5 Å². The summed E-state index contributed by atoms with van der Waals surface area (Å²) in [6, 6.07) is 12.3. The number of aliphatic imine (C=N–C) groups is 1. The standard InChI is InChI=1S/C26H20ClF3N4O3S/c1-32-22(19(27)12-31)15-10-20(38-13-15)23(35)33-21(11-14-6-2-5-9-18(14)26(28,29)30)34-24(36)16-7-3-4-8-17(16)25(34)37/h2-10,12-13,21H,11,31H2,1H3,(H,33,35)/t21-/m1/s1. The van der Waals surface area contributed by atoms with Crippen molar-refractivity contribution in [3.8, 4) is 0 Å². The molecule has 1 aromatic heterocycles. The number of fused-ring (bicyclic) bond motifs is 1. The van der Waals surface area contributed by atoms with Crippen molar-refractivity contribution in [2.45, 2.75) is 18.8 Å². The molecule has 0 unspecified atom stereocenters. The van der Waals surface area contributed by atoms with Crippen molar-refractivity contribution >= 4 is 46.4 Å². The Hall–Kier alpha value is -3.96. The molecule has 0 spiro atoms. The minimum absolute atomic E-state index is 0.103. The van der Waals surface area contributed by atoms with Crippen molar-refractivity contribution in [2.24, 2.45) is 10.7 Å². The number of thiophene rings is 1. The van der Waals surface area contributed by atoms with E-state index in [1.54, 1.807) is 17.5 Å². The van der Waals surface area contributed by atoms with E-state index < -0.39 is 42.0 Å². The lowest BCUT2D eigenvalue weighted by Gasteiger charge is -2.28. The second-order valence-electron chi connectivity index (χ2n) is 8.16. The number of hydrogen-bond donors (Lipinski definition) is 2. The molecule has 0 aliphatic carbocycles. The Labute approximate surface area is 224 Å². The fourth-order valence-corrected chi connectivity index (χ4v) is 5.12. The number of nitrogens with one attached hydrogen (secondary N) is 1. The molecule has 38 heavy (non-hydrogen) atoms. The molecule has 3 amide bonds. The first-order valence-corrected chi connectivity index (χ1v) is 12.4. The highest BCUT2D eigenvalue weighted by atomic mass is 35.5. The van der Waals surface area contributed by atoms with E-state index in [2.05, 4.69) is 10.3 Å². The molecule has 1 aliphatic heterocycles. The van der Waals surface area contributed by atoms with Gasteiger partial charge in [0, 0.05) is 30.6 Å². The summed E-state index contributed by atoms with van der Waals surface area (Å²) in [7, 11) is 1.50.